The number of halogens is 1. The highest BCUT2D eigenvalue weighted by atomic mass is 35.5. The molecule has 3 rings (SSSR count). The van der Waals surface area contributed by atoms with Crippen molar-refractivity contribution in [1.29, 1.82) is 0 Å². The molecular formula is C12H9ClN2O3S. The van der Waals surface area contributed by atoms with Crippen LogP contribution in [0.3, 0.4) is 0 Å². The Balaban J connectivity index is 1.86. The van der Waals surface area contributed by atoms with Crippen LogP contribution in [0.25, 0.3) is 0 Å². The van der Waals surface area contributed by atoms with Crippen LogP contribution in [0.2, 0.25) is 5.15 Å². The van der Waals surface area contributed by atoms with Crippen molar-refractivity contribution >= 4 is 23.4 Å². The van der Waals surface area contributed by atoms with E-state index < -0.39 is 0 Å². The van der Waals surface area contributed by atoms with Crippen LogP contribution in [0.1, 0.15) is 0 Å². The summed E-state index contributed by atoms with van der Waals surface area (Å²) in [5.41, 5.74) is 0. The van der Waals surface area contributed by atoms with Crippen LogP contribution in [0, 0.1) is 0 Å². The van der Waals surface area contributed by atoms with E-state index >= 15 is 0 Å². The second kappa shape index (κ2) is 5.14. The molecule has 7 heteroatoms. The van der Waals surface area contributed by atoms with Crippen LogP contribution < -0.4 is 14.2 Å². The standard InChI is InChI=1S/C12H9ClN2O3S/c1-19-12-14-10(13)5-11(15-12)18-7-2-3-8-9(4-7)17-6-16-8/h2-5H,6H2,1H3. The number of hydrogen-bond acceptors (Lipinski definition) is 6. The van der Waals surface area contributed by atoms with Gasteiger partial charge in [0.05, 0.1) is 0 Å². The van der Waals surface area contributed by atoms with Crippen molar-refractivity contribution in [3.05, 3.63) is 29.4 Å². The van der Waals surface area contributed by atoms with Gasteiger partial charge in [0.15, 0.2) is 16.7 Å². The van der Waals surface area contributed by atoms with Gasteiger partial charge >= 0.3 is 0 Å². The molecule has 98 valence electrons. The molecule has 0 N–H and O–H groups in total. The molecule has 0 spiro atoms. The van der Waals surface area contributed by atoms with E-state index in [1.807, 2.05) is 6.26 Å². The molecule has 0 bridgehead atoms. The SMILES string of the molecule is CSc1nc(Cl)cc(Oc2ccc3c(c2)OCO3)n1. The lowest BCUT2D eigenvalue weighted by atomic mass is 10.3. The van der Waals surface area contributed by atoms with Crippen molar-refractivity contribution in [3.8, 4) is 23.1 Å². The van der Waals surface area contributed by atoms with Crippen molar-refractivity contribution in [2.24, 2.45) is 0 Å². The Bertz CT molecular complexity index is 624. The summed E-state index contributed by atoms with van der Waals surface area (Å²) in [6.45, 7) is 0.231. The van der Waals surface area contributed by atoms with E-state index in [0.29, 0.717) is 33.4 Å². The molecule has 0 atom stereocenters. The number of rotatable bonds is 3. The van der Waals surface area contributed by atoms with Gasteiger partial charge in [0, 0.05) is 12.1 Å². The molecule has 0 unspecified atom stereocenters. The number of benzene rings is 1. The second-order valence-electron chi connectivity index (χ2n) is 3.63. The predicted molar refractivity (Wildman–Crippen MR) is 71.5 cm³/mol. The molecule has 0 saturated heterocycles. The fourth-order valence-corrected chi connectivity index (χ4v) is 2.18. The highest BCUT2D eigenvalue weighted by Crippen LogP contribution is 2.36. The number of hydrogen-bond donors (Lipinski definition) is 0. The van der Waals surface area contributed by atoms with E-state index in [9.17, 15) is 0 Å². The quantitative estimate of drug-likeness (QED) is 0.492. The van der Waals surface area contributed by atoms with Gasteiger partial charge < -0.3 is 14.2 Å². The van der Waals surface area contributed by atoms with Gasteiger partial charge in [-0.2, -0.15) is 4.98 Å². The monoisotopic (exact) mass is 296 g/mol. The largest absolute Gasteiger partial charge is 0.454 e. The maximum absolute atomic E-state index is 5.90. The van der Waals surface area contributed by atoms with E-state index in [-0.39, 0.29) is 6.79 Å². The number of thioether (sulfide) groups is 1. The molecule has 1 aromatic heterocycles. The molecule has 19 heavy (non-hydrogen) atoms. The zero-order chi connectivity index (χ0) is 13.2. The third-order valence-electron chi connectivity index (χ3n) is 2.40. The van der Waals surface area contributed by atoms with E-state index in [1.54, 1.807) is 24.3 Å². The van der Waals surface area contributed by atoms with Gasteiger partial charge in [0.1, 0.15) is 10.9 Å². The van der Waals surface area contributed by atoms with Crippen molar-refractivity contribution < 1.29 is 14.2 Å². The minimum atomic E-state index is 0.231. The summed E-state index contributed by atoms with van der Waals surface area (Å²) < 4.78 is 16.2. The first-order chi connectivity index (χ1) is 9.24. The summed E-state index contributed by atoms with van der Waals surface area (Å²) in [5.74, 6) is 2.36. The summed E-state index contributed by atoms with van der Waals surface area (Å²) in [6, 6.07) is 6.88. The molecular weight excluding hydrogens is 288 g/mol. The lowest BCUT2D eigenvalue weighted by molar-refractivity contribution is 0.174. The molecule has 1 aromatic carbocycles. The molecule has 0 radical (unpaired) electrons. The smallest absolute Gasteiger partial charge is 0.231 e. The lowest BCUT2D eigenvalue weighted by Gasteiger charge is -2.06. The van der Waals surface area contributed by atoms with Crippen molar-refractivity contribution in [1.82, 2.24) is 9.97 Å². The summed E-state index contributed by atoms with van der Waals surface area (Å²) in [5, 5.41) is 0.901. The summed E-state index contributed by atoms with van der Waals surface area (Å²) in [6.07, 6.45) is 1.87. The Morgan fingerprint density at radius 2 is 2.05 bits per heavy atom. The fraction of sp³-hybridized carbons (Fsp3) is 0.167. The van der Waals surface area contributed by atoms with Gasteiger partial charge in [-0.15, -0.1) is 0 Å². The molecule has 0 fully saturated rings. The molecule has 0 aliphatic carbocycles. The summed E-state index contributed by atoms with van der Waals surface area (Å²) in [7, 11) is 0. The van der Waals surface area contributed by atoms with Crippen LogP contribution in [0.15, 0.2) is 29.4 Å². The van der Waals surface area contributed by atoms with Gasteiger partial charge in [-0.05, 0) is 18.4 Å². The maximum Gasteiger partial charge on any atom is 0.231 e. The molecule has 5 nitrogen and oxygen atoms in total. The van der Waals surface area contributed by atoms with Crippen molar-refractivity contribution in [2.75, 3.05) is 13.0 Å². The number of aromatic nitrogens is 2. The fourth-order valence-electron chi connectivity index (χ4n) is 1.58. The van der Waals surface area contributed by atoms with E-state index in [2.05, 4.69) is 9.97 Å². The second-order valence-corrected chi connectivity index (χ2v) is 4.79. The average molecular weight is 297 g/mol. The first-order valence-electron chi connectivity index (χ1n) is 5.41. The Morgan fingerprint density at radius 1 is 1.21 bits per heavy atom. The maximum atomic E-state index is 5.90. The van der Waals surface area contributed by atoms with E-state index in [4.69, 9.17) is 25.8 Å². The van der Waals surface area contributed by atoms with E-state index in [1.165, 1.54) is 11.8 Å². The lowest BCUT2D eigenvalue weighted by Crippen LogP contribution is -1.93. The Kier molecular flexibility index (Phi) is 3.35. The third-order valence-corrected chi connectivity index (χ3v) is 3.14. The van der Waals surface area contributed by atoms with Gasteiger partial charge in [0.2, 0.25) is 12.7 Å². The first-order valence-corrected chi connectivity index (χ1v) is 7.01. The zero-order valence-corrected chi connectivity index (χ0v) is 11.5. The molecule has 1 aliphatic rings. The number of nitrogens with zero attached hydrogens (tertiary/aromatic N) is 2. The minimum absolute atomic E-state index is 0.231. The Labute approximate surface area is 118 Å². The molecule has 2 aromatic rings. The van der Waals surface area contributed by atoms with E-state index in [0.717, 1.165) is 0 Å². The Hall–Kier alpha value is -1.66. The van der Waals surface area contributed by atoms with Gasteiger partial charge in [-0.25, -0.2) is 4.98 Å². The van der Waals surface area contributed by atoms with Gasteiger partial charge in [0.25, 0.3) is 0 Å². The van der Waals surface area contributed by atoms with Gasteiger partial charge in [-0.3, -0.25) is 0 Å². The molecule has 0 saturated carbocycles. The average Bonchev–Trinajstić information content (AvgIpc) is 2.85. The zero-order valence-electron chi connectivity index (χ0n) is 9.92. The first kappa shape index (κ1) is 12.4. The number of ether oxygens (including phenoxy) is 3. The highest BCUT2D eigenvalue weighted by molar-refractivity contribution is 7.98. The number of fused-ring (bicyclic) bond motifs is 1. The summed E-state index contributed by atoms with van der Waals surface area (Å²) >= 11 is 7.30. The third kappa shape index (κ3) is 2.69. The predicted octanol–water partition coefficient (Wildman–Crippen LogP) is 3.37. The molecule has 0 amide bonds. The van der Waals surface area contributed by atoms with Crippen molar-refractivity contribution in [3.63, 3.8) is 0 Å². The normalized spacial score (nSPS) is 12.5. The topological polar surface area (TPSA) is 53.5 Å². The highest BCUT2D eigenvalue weighted by Gasteiger charge is 2.14. The minimum Gasteiger partial charge on any atom is -0.454 e. The van der Waals surface area contributed by atoms with Crippen LogP contribution in [-0.2, 0) is 0 Å². The summed E-state index contributed by atoms with van der Waals surface area (Å²) in [4.78, 5) is 8.26. The van der Waals surface area contributed by atoms with Crippen LogP contribution in [0.4, 0.5) is 0 Å². The molecule has 2 heterocycles. The van der Waals surface area contributed by atoms with Crippen LogP contribution >= 0.6 is 23.4 Å². The Morgan fingerprint density at radius 3 is 2.89 bits per heavy atom. The van der Waals surface area contributed by atoms with Crippen LogP contribution in [0.5, 0.6) is 23.1 Å². The molecule has 1 aliphatic heterocycles. The van der Waals surface area contributed by atoms with Crippen LogP contribution in [-0.4, -0.2) is 23.0 Å². The van der Waals surface area contributed by atoms with Gasteiger partial charge in [-0.1, -0.05) is 23.4 Å². The van der Waals surface area contributed by atoms with Crippen molar-refractivity contribution in [2.45, 2.75) is 5.16 Å².